The van der Waals surface area contributed by atoms with Gasteiger partial charge in [0, 0.05) is 12.0 Å². The molecule has 0 N–H and O–H groups in total. The molecule has 4 heteroatoms. The molecule has 102 valence electrons. The van der Waals surface area contributed by atoms with Gasteiger partial charge in [-0.3, -0.25) is 9.59 Å². The topological polar surface area (TPSA) is 52.6 Å². The molecule has 4 nitrogen and oxygen atoms in total. The summed E-state index contributed by atoms with van der Waals surface area (Å²) < 4.78 is 10.0. The number of carbonyl (C=O) groups excluding carboxylic acids is 2. The molecule has 1 heterocycles. The van der Waals surface area contributed by atoms with Crippen LogP contribution in [0.25, 0.3) is 0 Å². The molecular weight excluding hydrogens is 244 g/mol. The highest BCUT2D eigenvalue weighted by Gasteiger charge is 2.32. The number of esters is 2. The lowest BCUT2D eigenvalue weighted by Crippen LogP contribution is -2.26. The fourth-order valence-electron chi connectivity index (χ4n) is 2.28. The van der Waals surface area contributed by atoms with Crippen molar-refractivity contribution < 1.29 is 19.1 Å². The smallest absolute Gasteiger partial charge is 0.321 e. The molecule has 1 unspecified atom stereocenters. The van der Waals surface area contributed by atoms with Crippen molar-refractivity contribution in [1.29, 1.82) is 0 Å². The van der Waals surface area contributed by atoms with E-state index in [-0.39, 0.29) is 6.42 Å². The van der Waals surface area contributed by atoms with Crippen molar-refractivity contribution in [2.24, 2.45) is 0 Å². The lowest BCUT2D eigenvalue weighted by Gasteiger charge is -2.22. The minimum atomic E-state index is -0.476. The van der Waals surface area contributed by atoms with Crippen LogP contribution in [0.5, 0.6) is 5.75 Å². The molecule has 0 spiro atoms. The largest absolute Gasteiger partial charge is 0.496 e. The van der Waals surface area contributed by atoms with Crippen molar-refractivity contribution in [3.63, 3.8) is 0 Å². The predicted molar refractivity (Wildman–Crippen MR) is 70.2 cm³/mol. The molecule has 19 heavy (non-hydrogen) atoms. The Balaban J connectivity index is 2.39. The maximum absolute atomic E-state index is 11.9. The van der Waals surface area contributed by atoms with E-state index in [1.807, 2.05) is 18.2 Å². The minimum absolute atomic E-state index is 0.269. The van der Waals surface area contributed by atoms with Gasteiger partial charge in [-0.2, -0.15) is 0 Å². The van der Waals surface area contributed by atoms with Crippen LogP contribution in [0.1, 0.15) is 49.7 Å². The summed E-state index contributed by atoms with van der Waals surface area (Å²) in [7, 11) is 1.58. The average Bonchev–Trinajstić information content (AvgIpc) is 2.38. The Bertz CT molecular complexity index is 505. The summed E-state index contributed by atoms with van der Waals surface area (Å²) in [5, 5.41) is 0. The van der Waals surface area contributed by atoms with Crippen LogP contribution in [0.3, 0.4) is 0 Å². The monoisotopic (exact) mass is 262 g/mol. The van der Waals surface area contributed by atoms with E-state index in [0.717, 1.165) is 11.1 Å². The standard InChI is InChI=1S/C15H18O4/c1-9(2)10-4-6-13(18-3)12(8-10)11-5-7-14(16)19-15(11)17/h4,6,8-9,11H,5,7H2,1-3H3. The first-order chi connectivity index (χ1) is 9.02. The van der Waals surface area contributed by atoms with Crippen molar-refractivity contribution in [2.45, 2.75) is 38.5 Å². The van der Waals surface area contributed by atoms with E-state index in [4.69, 9.17) is 9.47 Å². The fourth-order valence-corrected chi connectivity index (χ4v) is 2.28. The van der Waals surface area contributed by atoms with Gasteiger partial charge in [0.05, 0.1) is 13.0 Å². The second-order valence-electron chi connectivity index (χ2n) is 5.04. The number of hydrogen-bond donors (Lipinski definition) is 0. The Kier molecular flexibility index (Phi) is 3.88. The number of benzene rings is 1. The summed E-state index contributed by atoms with van der Waals surface area (Å²) in [6.07, 6.45) is 0.751. The third-order valence-electron chi connectivity index (χ3n) is 3.43. The van der Waals surface area contributed by atoms with Crippen LogP contribution in [-0.4, -0.2) is 19.0 Å². The van der Waals surface area contributed by atoms with Gasteiger partial charge in [0.25, 0.3) is 0 Å². The number of cyclic esters (lactones) is 2. The second-order valence-corrected chi connectivity index (χ2v) is 5.04. The molecule has 1 aliphatic rings. The third kappa shape index (κ3) is 2.78. The molecule has 1 fully saturated rings. The van der Waals surface area contributed by atoms with Crippen LogP contribution < -0.4 is 4.74 Å². The lowest BCUT2D eigenvalue weighted by molar-refractivity contribution is -0.164. The molecule has 0 amide bonds. The van der Waals surface area contributed by atoms with E-state index < -0.39 is 17.9 Å². The number of rotatable bonds is 3. The van der Waals surface area contributed by atoms with E-state index in [9.17, 15) is 9.59 Å². The van der Waals surface area contributed by atoms with Gasteiger partial charge in [0.1, 0.15) is 5.75 Å². The molecule has 0 aliphatic carbocycles. The van der Waals surface area contributed by atoms with Crippen molar-refractivity contribution in [2.75, 3.05) is 7.11 Å². The minimum Gasteiger partial charge on any atom is -0.496 e. The molecule has 1 atom stereocenters. The van der Waals surface area contributed by atoms with Crippen LogP contribution in [0.4, 0.5) is 0 Å². The van der Waals surface area contributed by atoms with E-state index in [2.05, 4.69) is 13.8 Å². The zero-order valence-electron chi connectivity index (χ0n) is 11.4. The zero-order valence-corrected chi connectivity index (χ0v) is 11.4. The fraction of sp³-hybridized carbons (Fsp3) is 0.467. The van der Waals surface area contributed by atoms with Crippen molar-refractivity contribution in [3.8, 4) is 5.75 Å². The first-order valence-electron chi connectivity index (χ1n) is 6.45. The highest BCUT2D eigenvalue weighted by Crippen LogP contribution is 2.35. The Morgan fingerprint density at radius 1 is 1.32 bits per heavy atom. The van der Waals surface area contributed by atoms with Gasteiger partial charge in [0.2, 0.25) is 0 Å². The molecular formula is C15H18O4. The van der Waals surface area contributed by atoms with Gasteiger partial charge in [-0.15, -0.1) is 0 Å². The van der Waals surface area contributed by atoms with Gasteiger partial charge >= 0.3 is 11.9 Å². The van der Waals surface area contributed by atoms with E-state index in [1.165, 1.54) is 0 Å². The quantitative estimate of drug-likeness (QED) is 0.621. The number of ether oxygens (including phenoxy) is 2. The summed E-state index contributed by atoms with van der Waals surface area (Å²) in [5.41, 5.74) is 1.95. The Hall–Kier alpha value is -1.84. The van der Waals surface area contributed by atoms with Crippen molar-refractivity contribution in [3.05, 3.63) is 29.3 Å². The van der Waals surface area contributed by atoms with Crippen LogP contribution >= 0.6 is 0 Å². The SMILES string of the molecule is COc1ccc(C(C)C)cc1C1CCC(=O)OC1=O. The van der Waals surface area contributed by atoms with E-state index in [0.29, 0.717) is 18.1 Å². The third-order valence-corrected chi connectivity index (χ3v) is 3.43. The van der Waals surface area contributed by atoms with Crippen LogP contribution in [0.2, 0.25) is 0 Å². The Morgan fingerprint density at radius 2 is 2.05 bits per heavy atom. The summed E-state index contributed by atoms with van der Waals surface area (Å²) in [5.74, 6) is -0.298. The molecule has 1 aliphatic heterocycles. The summed E-state index contributed by atoms with van der Waals surface area (Å²) in [4.78, 5) is 23.0. The molecule has 1 aromatic carbocycles. The Labute approximate surface area is 112 Å². The molecule has 0 saturated carbocycles. The predicted octanol–water partition coefficient (Wildman–Crippen LogP) is 2.77. The summed E-state index contributed by atoms with van der Waals surface area (Å²) in [6, 6.07) is 5.84. The highest BCUT2D eigenvalue weighted by molar-refractivity contribution is 5.92. The maximum atomic E-state index is 11.9. The molecule has 0 aromatic heterocycles. The lowest BCUT2D eigenvalue weighted by atomic mass is 9.89. The van der Waals surface area contributed by atoms with E-state index >= 15 is 0 Å². The van der Waals surface area contributed by atoms with Crippen molar-refractivity contribution >= 4 is 11.9 Å². The molecule has 1 aromatic rings. The second kappa shape index (κ2) is 5.43. The molecule has 1 saturated heterocycles. The molecule has 0 radical (unpaired) electrons. The number of methoxy groups -OCH3 is 1. The number of carbonyl (C=O) groups is 2. The normalized spacial score (nSPS) is 19.5. The van der Waals surface area contributed by atoms with Gasteiger partial charge in [-0.25, -0.2) is 0 Å². The van der Waals surface area contributed by atoms with Gasteiger partial charge in [-0.05, 0) is 24.0 Å². The first kappa shape index (κ1) is 13.6. The highest BCUT2D eigenvalue weighted by atomic mass is 16.6. The zero-order chi connectivity index (χ0) is 14.0. The van der Waals surface area contributed by atoms with E-state index in [1.54, 1.807) is 7.11 Å². The van der Waals surface area contributed by atoms with Gasteiger partial charge in [-0.1, -0.05) is 26.0 Å². The van der Waals surface area contributed by atoms with Gasteiger partial charge in [0.15, 0.2) is 0 Å². The van der Waals surface area contributed by atoms with Crippen LogP contribution in [-0.2, 0) is 14.3 Å². The van der Waals surface area contributed by atoms with Gasteiger partial charge < -0.3 is 9.47 Å². The first-order valence-corrected chi connectivity index (χ1v) is 6.45. The van der Waals surface area contributed by atoms with Crippen LogP contribution in [0, 0.1) is 0 Å². The number of hydrogen-bond acceptors (Lipinski definition) is 4. The maximum Gasteiger partial charge on any atom is 0.321 e. The van der Waals surface area contributed by atoms with Crippen molar-refractivity contribution in [1.82, 2.24) is 0 Å². The summed E-state index contributed by atoms with van der Waals surface area (Å²) >= 11 is 0. The molecule has 0 bridgehead atoms. The Morgan fingerprint density at radius 3 is 2.63 bits per heavy atom. The molecule has 2 rings (SSSR count). The van der Waals surface area contributed by atoms with Crippen LogP contribution in [0.15, 0.2) is 18.2 Å². The average molecular weight is 262 g/mol. The summed E-state index contributed by atoms with van der Waals surface area (Å²) in [6.45, 7) is 4.18.